The summed E-state index contributed by atoms with van der Waals surface area (Å²) in [6.07, 6.45) is 2.45. The van der Waals surface area contributed by atoms with Gasteiger partial charge >= 0.3 is 5.97 Å². The molecule has 3 unspecified atom stereocenters. The van der Waals surface area contributed by atoms with Crippen molar-refractivity contribution in [2.75, 3.05) is 6.54 Å². The van der Waals surface area contributed by atoms with E-state index in [9.17, 15) is 19.2 Å². The van der Waals surface area contributed by atoms with Gasteiger partial charge in [0.05, 0.1) is 6.04 Å². The van der Waals surface area contributed by atoms with E-state index >= 15 is 0 Å². The molecule has 0 radical (unpaired) electrons. The molecular formula is C22H31N5O5. The van der Waals surface area contributed by atoms with Gasteiger partial charge in [0.1, 0.15) is 18.6 Å². The number of rotatable bonds is 11. The van der Waals surface area contributed by atoms with Gasteiger partial charge in [0.15, 0.2) is 0 Å². The van der Waals surface area contributed by atoms with Gasteiger partial charge in [-0.05, 0) is 37.3 Å². The van der Waals surface area contributed by atoms with Crippen molar-refractivity contribution in [2.24, 2.45) is 11.7 Å². The molecule has 2 rings (SSSR count). The first-order valence-electron chi connectivity index (χ1n) is 10.5. The summed E-state index contributed by atoms with van der Waals surface area (Å²) in [5.41, 5.74) is 7.97. The van der Waals surface area contributed by atoms with Crippen LogP contribution in [0.15, 0.2) is 30.5 Å². The van der Waals surface area contributed by atoms with E-state index in [0.29, 0.717) is 12.8 Å². The van der Waals surface area contributed by atoms with Gasteiger partial charge in [-0.2, -0.15) is 0 Å². The number of carbonyl (C=O) groups excluding carboxylic acids is 3. The van der Waals surface area contributed by atoms with Crippen LogP contribution in [-0.2, 0) is 25.6 Å². The summed E-state index contributed by atoms with van der Waals surface area (Å²) >= 11 is 0. The monoisotopic (exact) mass is 445 g/mol. The van der Waals surface area contributed by atoms with Crippen molar-refractivity contribution in [2.45, 2.75) is 51.7 Å². The average Bonchev–Trinajstić information content (AvgIpc) is 3.13. The number of H-pyrrole nitrogens is 1. The lowest BCUT2D eigenvalue weighted by atomic mass is 10.0. The lowest BCUT2D eigenvalue weighted by molar-refractivity contribution is -0.138. The van der Waals surface area contributed by atoms with Crippen molar-refractivity contribution in [3.8, 4) is 0 Å². The number of fused-ring (bicyclic) bond motifs is 1. The highest BCUT2D eigenvalue weighted by Gasteiger charge is 2.27. The lowest BCUT2D eigenvalue weighted by Gasteiger charge is -2.23. The number of aliphatic carboxylic acids is 1. The fourth-order valence-electron chi connectivity index (χ4n) is 3.31. The molecule has 0 aliphatic carbocycles. The molecule has 3 amide bonds. The summed E-state index contributed by atoms with van der Waals surface area (Å²) in [5.74, 6) is -2.74. The number of benzene rings is 1. The molecule has 0 bridgehead atoms. The SMILES string of the molecule is CC(C)CC(NC(=O)C(N)Cc1c[nH]c2ccccc12)C(=O)NC(C)C(=O)NCC(=O)O. The van der Waals surface area contributed by atoms with E-state index in [4.69, 9.17) is 10.8 Å². The molecule has 0 fully saturated rings. The van der Waals surface area contributed by atoms with Crippen LogP contribution in [0.25, 0.3) is 10.9 Å². The van der Waals surface area contributed by atoms with Gasteiger partial charge in [0.2, 0.25) is 17.7 Å². The first-order chi connectivity index (χ1) is 15.1. The maximum Gasteiger partial charge on any atom is 0.322 e. The second-order valence-corrected chi connectivity index (χ2v) is 8.20. The minimum absolute atomic E-state index is 0.0898. The normalized spacial score (nSPS) is 13.9. The zero-order valence-electron chi connectivity index (χ0n) is 18.5. The molecule has 0 spiro atoms. The van der Waals surface area contributed by atoms with Gasteiger partial charge in [-0.1, -0.05) is 32.0 Å². The third-order valence-corrected chi connectivity index (χ3v) is 4.96. The minimum Gasteiger partial charge on any atom is -0.480 e. The van der Waals surface area contributed by atoms with Crippen LogP contribution in [0.2, 0.25) is 0 Å². The van der Waals surface area contributed by atoms with Crippen molar-refractivity contribution in [3.63, 3.8) is 0 Å². The standard InChI is InChI=1S/C22H31N5O5/c1-12(2)8-18(22(32)26-13(3)20(30)25-11-19(28)29)27-21(31)16(23)9-14-10-24-17-7-5-4-6-15(14)17/h4-7,10,12-13,16,18,24H,8-9,11,23H2,1-3H3,(H,25,30)(H,26,32)(H,27,31)(H,28,29). The number of nitrogens with two attached hydrogens (primary N) is 1. The van der Waals surface area contributed by atoms with Gasteiger partial charge in [0, 0.05) is 17.1 Å². The van der Waals surface area contributed by atoms with E-state index in [1.807, 2.05) is 44.3 Å². The summed E-state index contributed by atoms with van der Waals surface area (Å²) in [5, 5.41) is 17.0. The Balaban J connectivity index is 2.00. The van der Waals surface area contributed by atoms with Crippen LogP contribution < -0.4 is 21.7 Å². The molecule has 32 heavy (non-hydrogen) atoms. The van der Waals surface area contributed by atoms with Gasteiger partial charge in [-0.3, -0.25) is 19.2 Å². The molecule has 10 nitrogen and oxygen atoms in total. The number of para-hydroxylation sites is 1. The lowest BCUT2D eigenvalue weighted by Crippen LogP contribution is -2.55. The maximum absolute atomic E-state index is 12.7. The molecule has 7 N–H and O–H groups in total. The number of carboxylic acids is 1. The molecule has 0 saturated heterocycles. The number of aromatic amines is 1. The number of nitrogens with one attached hydrogen (secondary N) is 4. The van der Waals surface area contributed by atoms with E-state index in [2.05, 4.69) is 20.9 Å². The molecule has 3 atom stereocenters. The van der Waals surface area contributed by atoms with Crippen LogP contribution in [0.4, 0.5) is 0 Å². The van der Waals surface area contributed by atoms with Gasteiger partial charge in [0.25, 0.3) is 0 Å². The van der Waals surface area contributed by atoms with E-state index < -0.39 is 48.4 Å². The van der Waals surface area contributed by atoms with E-state index in [1.54, 1.807) is 0 Å². The average molecular weight is 446 g/mol. The highest BCUT2D eigenvalue weighted by Crippen LogP contribution is 2.19. The Morgan fingerprint density at radius 1 is 1.03 bits per heavy atom. The van der Waals surface area contributed by atoms with Crippen molar-refractivity contribution < 1.29 is 24.3 Å². The smallest absolute Gasteiger partial charge is 0.322 e. The largest absolute Gasteiger partial charge is 0.480 e. The zero-order valence-corrected chi connectivity index (χ0v) is 18.5. The van der Waals surface area contributed by atoms with Crippen LogP contribution in [0.1, 0.15) is 32.8 Å². The number of aromatic nitrogens is 1. The summed E-state index contributed by atoms with van der Waals surface area (Å²) in [6.45, 7) is 4.70. The molecule has 174 valence electrons. The van der Waals surface area contributed by atoms with E-state index in [-0.39, 0.29) is 5.92 Å². The second-order valence-electron chi connectivity index (χ2n) is 8.20. The third kappa shape index (κ3) is 7.09. The van der Waals surface area contributed by atoms with Crippen LogP contribution in [0.5, 0.6) is 0 Å². The predicted molar refractivity (Wildman–Crippen MR) is 120 cm³/mol. The van der Waals surface area contributed by atoms with Gasteiger partial charge in [-0.15, -0.1) is 0 Å². The number of carboxylic acid groups (broad SMARTS) is 1. The maximum atomic E-state index is 12.7. The van der Waals surface area contributed by atoms with Crippen LogP contribution in [0.3, 0.4) is 0 Å². The van der Waals surface area contributed by atoms with Crippen molar-refractivity contribution in [1.29, 1.82) is 0 Å². The highest BCUT2D eigenvalue weighted by molar-refractivity contribution is 5.93. The molecule has 1 aromatic carbocycles. The van der Waals surface area contributed by atoms with Crippen LogP contribution in [-0.4, -0.2) is 58.5 Å². The van der Waals surface area contributed by atoms with Crippen molar-refractivity contribution >= 4 is 34.6 Å². The quantitative estimate of drug-likeness (QED) is 0.290. The molecule has 1 heterocycles. The van der Waals surface area contributed by atoms with Gasteiger partial charge in [-0.25, -0.2) is 0 Å². The van der Waals surface area contributed by atoms with Gasteiger partial charge < -0.3 is 31.8 Å². The Morgan fingerprint density at radius 2 is 1.72 bits per heavy atom. The third-order valence-electron chi connectivity index (χ3n) is 4.96. The molecular weight excluding hydrogens is 414 g/mol. The first-order valence-corrected chi connectivity index (χ1v) is 10.5. The summed E-state index contributed by atoms with van der Waals surface area (Å²) < 4.78 is 0. The summed E-state index contributed by atoms with van der Waals surface area (Å²) in [6, 6.07) is 4.97. The topological polar surface area (TPSA) is 166 Å². The summed E-state index contributed by atoms with van der Waals surface area (Å²) in [7, 11) is 0. The van der Waals surface area contributed by atoms with Crippen molar-refractivity contribution in [3.05, 3.63) is 36.0 Å². The Hall–Kier alpha value is -3.40. The van der Waals surface area contributed by atoms with E-state index in [1.165, 1.54) is 6.92 Å². The van der Waals surface area contributed by atoms with Crippen LogP contribution >= 0.6 is 0 Å². The molecule has 0 aliphatic rings. The Labute approximate surface area is 186 Å². The highest BCUT2D eigenvalue weighted by atomic mass is 16.4. The number of hydrogen-bond acceptors (Lipinski definition) is 5. The Kier molecular flexibility index (Phi) is 8.77. The molecule has 1 aromatic heterocycles. The number of carbonyl (C=O) groups is 4. The molecule has 0 saturated carbocycles. The van der Waals surface area contributed by atoms with Crippen molar-refractivity contribution in [1.82, 2.24) is 20.9 Å². The Morgan fingerprint density at radius 3 is 2.38 bits per heavy atom. The van der Waals surface area contributed by atoms with E-state index in [0.717, 1.165) is 16.5 Å². The zero-order chi connectivity index (χ0) is 23.8. The number of amides is 3. The summed E-state index contributed by atoms with van der Waals surface area (Å²) in [4.78, 5) is 51.1. The molecule has 10 heteroatoms. The number of hydrogen-bond donors (Lipinski definition) is 6. The molecule has 0 aliphatic heterocycles. The first kappa shape index (κ1) is 24.9. The second kappa shape index (κ2) is 11.3. The fraction of sp³-hybridized carbons (Fsp3) is 0.455. The van der Waals surface area contributed by atoms with Crippen LogP contribution in [0, 0.1) is 5.92 Å². The predicted octanol–water partition coefficient (Wildman–Crippen LogP) is 0.274. The molecule has 2 aromatic rings. The Bertz CT molecular complexity index is 971. The minimum atomic E-state index is -1.19. The fourth-order valence-corrected chi connectivity index (χ4v) is 3.31.